The average Bonchev–Trinajstić information content (AvgIpc) is 3.54. The molecule has 180 valence electrons. The molecule has 1 saturated carbocycles. The number of likely N-dealkylation sites (tertiary alicyclic amines) is 1. The maximum Gasteiger partial charge on any atom is 0.316 e. The van der Waals surface area contributed by atoms with Crippen LogP contribution in [0.3, 0.4) is 0 Å². The lowest BCUT2D eigenvalue weighted by Crippen LogP contribution is -2.33. The van der Waals surface area contributed by atoms with Crippen LogP contribution in [0.1, 0.15) is 30.1 Å². The van der Waals surface area contributed by atoms with E-state index in [-0.39, 0.29) is 30.3 Å². The van der Waals surface area contributed by atoms with Crippen LogP contribution in [0.15, 0.2) is 30.9 Å². The van der Waals surface area contributed by atoms with Gasteiger partial charge in [0.15, 0.2) is 0 Å². The van der Waals surface area contributed by atoms with Crippen molar-refractivity contribution in [1.82, 2.24) is 24.5 Å². The molecule has 0 radical (unpaired) electrons. The Hall–Kier alpha value is -4.20. The van der Waals surface area contributed by atoms with Crippen LogP contribution >= 0.6 is 0 Å². The van der Waals surface area contributed by atoms with Gasteiger partial charge in [0.1, 0.15) is 6.42 Å². The molecule has 0 bridgehead atoms. The first-order chi connectivity index (χ1) is 16.9. The molecule has 35 heavy (non-hydrogen) atoms. The Morgan fingerprint density at radius 3 is 2.69 bits per heavy atom. The third-order valence-corrected chi connectivity index (χ3v) is 7.32. The first-order valence-electron chi connectivity index (χ1n) is 11.5. The van der Waals surface area contributed by atoms with Crippen molar-refractivity contribution < 1.29 is 14.3 Å². The molecule has 1 saturated heterocycles. The number of nitrogens with one attached hydrogen (secondary N) is 1. The summed E-state index contributed by atoms with van der Waals surface area (Å²) in [5.41, 5.74) is 9.02. The van der Waals surface area contributed by atoms with Crippen LogP contribution in [0.25, 0.3) is 16.6 Å². The second kappa shape index (κ2) is 8.87. The number of ether oxygens (including phenoxy) is 1. The SMILES string of the molecule is COc1ncc(-c2cc3c(N[C@@H]4C[C@@H]5CN(C(=O)CC#N)C[C@@H]5[C@H]4C)c(C(N)=O)cnn3c2)cn1. The van der Waals surface area contributed by atoms with Gasteiger partial charge in [-0.1, -0.05) is 6.92 Å². The number of carbonyl (C=O) groups is 2. The summed E-state index contributed by atoms with van der Waals surface area (Å²) in [6, 6.07) is 4.25. The minimum atomic E-state index is -0.558. The largest absolute Gasteiger partial charge is 0.467 e. The minimum Gasteiger partial charge on any atom is -0.467 e. The monoisotopic (exact) mass is 474 g/mol. The van der Waals surface area contributed by atoms with E-state index in [9.17, 15) is 9.59 Å². The second-order valence-corrected chi connectivity index (χ2v) is 9.22. The fourth-order valence-corrected chi connectivity index (χ4v) is 5.46. The number of nitrogens with two attached hydrogens (primary N) is 1. The molecule has 2 aliphatic rings. The van der Waals surface area contributed by atoms with Crippen LogP contribution in [0.5, 0.6) is 6.01 Å². The highest BCUT2D eigenvalue weighted by Crippen LogP contribution is 2.44. The Morgan fingerprint density at radius 1 is 1.26 bits per heavy atom. The van der Waals surface area contributed by atoms with Crippen molar-refractivity contribution in [3.05, 3.63) is 36.4 Å². The van der Waals surface area contributed by atoms with Gasteiger partial charge in [-0.2, -0.15) is 10.4 Å². The van der Waals surface area contributed by atoms with Crippen LogP contribution in [-0.4, -0.2) is 62.5 Å². The van der Waals surface area contributed by atoms with Gasteiger partial charge in [-0.3, -0.25) is 9.59 Å². The molecule has 2 fully saturated rings. The molecule has 3 N–H and O–H groups in total. The zero-order valence-corrected chi connectivity index (χ0v) is 19.5. The summed E-state index contributed by atoms with van der Waals surface area (Å²) >= 11 is 0. The van der Waals surface area contributed by atoms with E-state index in [0.29, 0.717) is 36.2 Å². The predicted molar refractivity (Wildman–Crippen MR) is 126 cm³/mol. The first-order valence-corrected chi connectivity index (χ1v) is 11.5. The summed E-state index contributed by atoms with van der Waals surface area (Å²) in [6.45, 7) is 3.49. The topological polar surface area (TPSA) is 152 Å². The Balaban J connectivity index is 1.43. The lowest BCUT2D eigenvalue weighted by Gasteiger charge is -2.25. The molecule has 3 aromatic rings. The normalized spacial score (nSPS) is 23.2. The van der Waals surface area contributed by atoms with Gasteiger partial charge in [0.05, 0.1) is 36.1 Å². The average molecular weight is 475 g/mol. The smallest absolute Gasteiger partial charge is 0.316 e. The summed E-state index contributed by atoms with van der Waals surface area (Å²) < 4.78 is 6.74. The van der Waals surface area contributed by atoms with Gasteiger partial charge in [0, 0.05) is 48.8 Å². The molecule has 1 aliphatic heterocycles. The zero-order valence-electron chi connectivity index (χ0n) is 19.5. The van der Waals surface area contributed by atoms with Crippen LogP contribution in [0.4, 0.5) is 5.69 Å². The van der Waals surface area contributed by atoms with Crippen LogP contribution < -0.4 is 15.8 Å². The summed E-state index contributed by atoms with van der Waals surface area (Å²) in [5, 5.41) is 16.8. The van der Waals surface area contributed by atoms with Gasteiger partial charge in [0.25, 0.3) is 5.91 Å². The van der Waals surface area contributed by atoms with E-state index in [2.05, 4.69) is 27.3 Å². The molecule has 1 aliphatic carbocycles. The Morgan fingerprint density at radius 2 is 2.03 bits per heavy atom. The Kier molecular flexibility index (Phi) is 5.72. The molecular weight excluding hydrogens is 448 g/mol. The van der Waals surface area contributed by atoms with E-state index in [0.717, 1.165) is 23.1 Å². The van der Waals surface area contributed by atoms with E-state index in [4.69, 9.17) is 15.7 Å². The first kappa shape index (κ1) is 22.6. The number of hydrogen-bond donors (Lipinski definition) is 2. The van der Waals surface area contributed by atoms with Crippen molar-refractivity contribution in [1.29, 1.82) is 5.26 Å². The van der Waals surface area contributed by atoms with E-state index >= 15 is 0 Å². The Labute approximate surface area is 201 Å². The second-order valence-electron chi connectivity index (χ2n) is 9.22. The summed E-state index contributed by atoms with van der Waals surface area (Å²) in [6.07, 6.45) is 7.44. The number of amides is 2. The summed E-state index contributed by atoms with van der Waals surface area (Å²) in [7, 11) is 1.51. The van der Waals surface area contributed by atoms with Crippen molar-refractivity contribution >= 4 is 23.0 Å². The quantitative estimate of drug-likeness (QED) is 0.548. The Bertz CT molecular complexity index is 1330. The van der Waals surface area contributed by atoms with Gasteiger partial charge in [0.2, 0.25) is 5.91 Å². The number of aromatic nitrogens is 4. The van der Waals surface area contributed by atoms with E-state index in [1.54, 1.807) is 21.8 Å². The van der Waals surface area contributed by atoms with E-state index in [1.165, 1.54) is 13.3 Å². The standard InChI is InChI=1S/C24H26N8O3/c1-13-18-12-31(21(33)3-4-25)10-15(18)5-19(13)30-22-17(23(26)34)9-29-32-11-14(6-20(22)32)16-7-27-24(35-2)28-8-16/h6-9,11,13,15,18-19,30H,3,5,10,12H2,1-2H3,(H2,26,34)/t13-,15-,18-,19-/m1/s1. The van der Waals surface area contributed by atoms with Crippen molar-refractivity contribution in [2.75, 3.05) is 25.5 Å². The molecule has 3 aromatic heterocycles. The molecule has 5 rings (SSSR count). The highest BCUT2D eigenvalue weighted by atomic mass is 16.5. The van der Waals surface area contributed by atoms with Gasteiger partial charge in [-0.15, -0.1) is 0 Å². The number of anilines is 1. The molecule has 2 amide bonds. The number of nitrogens with zero attached hydrogens (tertiary/aromatic N) is 6. The maximum absolute atomic E-state index is 12.3. The van der Waals surface area contributed by atoms with E-state index in [1.807, 2.05) is 18.3 Å². The molecule has 4 atom stereocenters. The van der Waals surface area contributed by atoms with Crippen LogP contribution in [0.2, 0.25) is 0 Å². The molecular formula is C24H26N8O3. The number of carbonyl (C=O) groups excluding carboxylic acids is 2. The van der Waals surface area contributed by atoms with Gasteiger partial charge in [-0.05, 0) is 30.2 Å². The lowest BCUT2D eigenvalue weighted by atomic mass is 9.93. The third kappa shape index (κ3) is 4.01. The van der Waals surface area contributed by atoms with Crippen LogP contribution in [0, 0.1) is 29.1 Å². The van der Waals surface area contributed by atoms with Crippen molar-refractivity contribution in [3.63, 3.8) is 0 Å². The zero-order chi connectivity index (χ0) is 24.7. The lowest BCUT2D eigenvalue weighted by molar-refractivity contribution is -0.129. The fourth-order valence-electron chi connectivity index (χ4n) is 5.46. The number of methoxy groups -OCH3 is 1. The molecule has 11 nitrogen and oxygen atoms in total. The summed E-state index contributed by atoms with van der Waals surface area (Å²) in [5.74, 6) is 0.284. The molecule has 0 spiro atoms. The van der Waals surface area contributed by atoms with Crippen molar-refractivity contribution in [3.8, 4) is 23.2 Å². The van der Waals surface area contributed by atoms with Crippen molar-refractivity contribution in [2.45, 2.75) is 25.8 Å². The number of rotatable bonds is 6. The fraction of sp³-hybridized carbons (Fsp3) is 0.417. The highest BCUT2D eigenvalue weighted by molar-refractivity contribution is 6.02. The number of hydrogen-bond acceptors (Lipinski definition) is 8. The number of fused-ring (bicyclic) bond motifs is 2. The third-order valence-electron chi connectivity index (χ3n) is 7.32. The highest BCUT2D eigenvalue weighted by Gasteiger charge is 2.47. The maximum atomic E-state index is 12.3. The predicted octanol–water partition coefficient (Wildman–Crippen LogP) is 1.71. The molecule has 0 unspecified atom stereocenters. The molecule has 11 heteroatoms. The minimum absolute atomic E-state index is 0.0811. The van der Waals surface area contributed by atoms with E-state index < -0.39 is 5.91 Å². The summed E-state index contributed by atoms with van der Waals surface area (Å²) in [4.78, 5) is 34.6. The number of primary amides is 1. The number of nitriles is 1. The van der Waals surface area contributed by atoms with Crippen LogP contribution in [-0.2, 0) is 4.79 Å². The van der Waals surface area contributed by atoms with Crippen molar-refractivity contribution in [2.24, 2.45) is 23.5 Å². The molecule has 4 heterocycles. The van der Waals surface area contributed by atoms with Gasteiger partial charge >= 0.3 is 6.01 Å². The van der Waals surface area contributed by atoms with Gasteiger partial charge < -0.3 is 20.7 Å². The van der Waals surface area contributed by atoms with Gasteiger partial charge in [-0.25, -0.2) is 14.5 Å². The molecule has 0 aromatic carbocycles.